The highest BCUT2D eigenvalue weighted by atomic mass is 19.1. The van der Waals surface area contributed by atoms with Crippen molar-refractivity contribution in [3.05, 3.63) is 87.4 Å². The number of rotatable bonds is 3. The molecular formula is C31H33F2N7O3. The molecule has 0 spiro atoms. The minimum absolute atomic E-state index is 0.0704. The number of ether oxygens (including phenoxy) is 1. The molecule has 4 heterocycles. The summed E-state index contributed by atoms with van der Waals surface area (Å²) in [5.41, 5.74) is 2.19. The van der Waals surface area contributed by atoms with Crippen LogP contribution in [0.4, 0.5) is 13.6 Å². The van der Waals surface area contributed by atoms with E-state index in [0.29, 0.717) is 57.8 Å². The average Bonchev–Trinajstić information content (AvgIpc) is 3.62. The molecule has 0 saturated carbocycles. The lowest BCUT2D eigenvalue weighted by Crippen LogP contribution is -2.42. The van der Waals surface area contributed by atoms with Gasteiger partial charge in [0.05, 0.1) is 40.2 Å². The fourth-order valence-electron chi connectivity index (χ4n) is 5.77. The minimum atomic E-state index is -0.694. The van der Waals surface area contributed by atoms with E-state index in [9.17, 15) is 14.0 Å². The summed E-state index contributed by atoms with van der Waals surface area (Å²) in [7, 11) is 1.72. The standard InChI is InChI=1S/C31H33F2N7O3/c1-17-14-20(15-18(2)26(17)32)40-28(25-19(3)37(11-10-22(25)35-40)30(42)43-31(4,5)6)39-13-12-38(29(39)41)24-9-8-23-21(27(24)33)16-34-36(23)7/h8-9,12-16,19H,10-11H2,1-7H3/t19-/m0/s1. The number of hydrogen-bond donors (Lipinski definition) is 0. The third kappa shape index (κ3) is 4.61. The van der Waals surface area contributed by atoms with Gasteiger partial charge in [-0.2, -0.15) is 10.2 Å². The first-order valence-electron chi connectivity index (χ1n) is 14.1. The molecule has 0 bridgehead atoms. The number of nitrogens with zero attached hydrogens (tertiary/aromatic N) is 7. The van der Waals surface area contributed by atoms with Crippen LogP contribution in [0.3, 0.4) is 0 Å². The lowest BCUT2D eigenvalue weighted by molar-refractivity contribution is 0.0159. The molecule has 0 aliphatic carbocycles. The fourth-order valence-corrected chi connectivity index (χ4v) is 5.77. The van der Waals surface area contributed by atoms with Crippen molar-refractivity contribution in [3.8, 4) is 17.2 Å². The largest absolute Gasteiger partial charge is 0.444 e. The van der Waals surface area contributed by atoms with Crippen LogP contribution < -0.4 is 5.69 Å². The Bertz CT molecular complexity index is 1950. The molecule has 12 heteroatoms. The molecule has 0 unspecified atom stereocenters. The average molecular weight is 590 g/mol. The molecule has 224 valence electrons. The van der Waals surface area contributed by atoms with Gasteiger partial charge in [-0.15, -0.1) is 0 Å². The molecule has 2 aromatic carbocycles. The molecule has 1 amide bonds. The van der Waals surface area contributed by atoms with Gasteiger partial charge in [-0.3, -0.25) is 13.8 Å². The molecule has 1 atom stereocenters. The molecule has 3 aromatic heterocycles. The Morgan fingerprint density at radius 3 is 2.40 bits per heavy atom. The SMILES string of the molecule is Cc1cc(-n2nc3c(c2-n2ccn(-c4ccc5c(cnn5C)c4F)c2=O)[C@H](C)N(C(=O)OC(C)(C)C)CC3)cc(C)c1F. The van der Waals surface area contributed by atoms with Crippen LogP contribution >= 0.6 is 0 Å². The van der Waals surface area contributed by atoms with Crippen molar-refractivity contribution in [3.63, 3.8) is 0 Å². The lowest BCUT2D eigenvalue weighted by atomic mass is 10.00. The summed E-state index contributed by atoms with van der Waals surface area (Å²) in [6, 6.07) is 6.07. The zero-order valence-corrected chi connectivity index (χ0v) is 25.1. The van der Waals surface area contributed by atoms with Gasteiger partial charge in [-0.1, -0.05) is 0 Å². The molecule has 5 aromatic rings. The summed E-state index contributed by atoms with van der Waals surface area (Å²) in [4.78, 5) is 28.9. The van der Waals surface area contributed by atoms with Crippen molar-refractivity contribution < 1.29 is 18.3 Å². The number of fused-ring (bicyclic) bond motifs is 2. The van der Waals surface area contributed by atoms with E-state index in [1.165, 1.54) is 27.6 Å². The fraction of sp³-hybridized carbons (Fsp3) is 0.355. The second-order valence-corrected chi connectivity index (χ2v) is 12.0. The molecule has 1 aliphatic rings. The van der Waals surface area contributed by atoms with Crippen molar-refractivity contribution in [1.29, 1.82) is 0 Å². The van der Waals surface area contributed by atoms with E-state index in [-0.39, 0.29) is 11.5 Å². The van der Waals surface area contributed by atoms with Gasteiger partial charge >= 0.3 is 11.8 Å². The Kier molecular flexibility index (Phi) is 6.55. The number of imidazole rings is 1. The molecule has 0 saturated heterocycles. The number of carbonyl (C=O) groups excluding carboxylic acids is 1. The van der Waals surface area contributed by atoms with E-state index in [1.807, 2.05) is 6.92 Å². The van der Waals surface area contributed by atoms with Gasteiger partial charge in [0.25, 0.3) is 0 Å². The van der Waals surface area contributed by atoms with E-state index in [2.05, 4.69) is 5.10 Å². The molecule has 6 rings (SSSR count). The summed E-state index contributed by atoms with van der Waals surface area (Å²) in [5.74, 6) is -0.515. The van der Waals surface area contributed by atoms with Crippen molar-refractivity contribution in [2.45, 2.75) is 59.6 Å². The van der Waals surface area contributed by atoms with Crippen molar-refractivity contribution in [1.82, 2.24) is 33.6 Å². The first kappa shape index (κ1) is 28.4. The van der Waals surface area contributed by atoms with Gasteiger partial charge in [-0.05, 0) is 76.9 Å². The van der Waals surface area contributed by atoms with E-state index in [4.69, 9.17) is 9.84 Å². The van der Waals surface area contributed by atoms with E-state index in [1.54, 1.807) is 80.3 Å². The highest BCUT2D eigenvalue weighted by Gasteiger charge is 2.37. The van der Waals surface area contributed by atoms with Crippen molar-refractivity contribution in [2.24, 2.45) is 7.05 Å². The van der Waals surface area contributed by atoms with Crippen molar-refractivity contribution in [2.75, 3.05) is 6.54 Å². The normalized spacial score (nSPS) is 15.3. The molecule has 1 aliphatic heterocycles. The highest BCUT2D eigenvalue weighted by molar-refractivity contribution is 5.81. The molecule has 0 fully saturated rings. The second-order valence-electron chi connectivity index (χ2n) is 12.0. The molecule has 10 nitrogen and oxygen atoms in total. The topological polar surface area (TPSA) is 92.1 Å². The summed E-state index contributed by atoms with van der Waals surface area (Å²) in [5, 5.41) is 9.29. The third-order valence-corrected chi connectivity index (χ3v) is 7.85. The van der Waals surface area contributed by atoms with Crippen LogP contribution in [0.1, 0.15) is 56.1 Å². The van der Waals surface area contributed by atoms with Gasteiger partial charge in [0, 0.05) is 38.0 Å². The van der Waals surface area contributed by atoms with E-state index >= 15 is 4.39 Å². The summed E-state index contributed by atoms with van der Waals surface area (Å²) in [6.45, 7) is 11.0. The number of carbonyl (C=O) groups is 1. The smallest absolute Gasteiger partial charge is 0.410 e. The summed E-state index contributed by atoms with van der Waals surface area (Å²) >= 11 is 0. The number of benzene rings is 2. The van der Waals surface area contributed by atoms with Crippen LogP contribution in [0, 0.1) is 25.5 Å². The van der Waals surface area contributed by atoms with Gasteiger partial charge in [0.2, 0.25) is 0 Å². The van der Waals surface area contributed by atoms with Gasteiger partial charge < -0.3 is 9.64 Å². The van der Waals surface area contributed by atoms with Crippen LogP contribution in [0.2, 0.25) is 0 Å². The van der Waals surface area contributed by atoms with Gasteiger partial charge in [0.1, 0.15) is 17.2 Å². The van der Waals surface area contributed by atoms with Gasteiger partial charge in [-0.25, -0.2) is 23.1 Å². The Balaban J connectivity index is 1.55. The lowest BCUT2D eigenvalue weighted by Gasteiger charge is -2.34. The predicted molar refractivity (Wildman–Crippen MR) is 157 cm³/mol. The Morgan fingerprint density at radius 1 is 1.05 bits per heavy atom. The van der Waals surface area contributed by atoms with Crippen LogP contribution in [0.15, 0.2) is 47.7 Å². The zero-order valence-electron chi connectivity index (χ0n) is 25.1. The molecule has 0 N–H and O–H groups in total. The zero-order chi connectivity index (χ0) is 31.0. The van der Waals surface area contributed by atoms with Crippen LogP contribution in [0.25, 0.3) is 28.1 Å². The maximum Gasteiger partial charge on any atom is 0.410 e. The summed E-state index contributed by atoms with van der Waals surface area (Å²) in [6.07, 6.45) is 4.40. The quantitative estimate of drug-likeness (QED) is 0.279. The number of hydrogen-bond acceptors (Lipinski definition) is 5. The number of aryl methyl sites for hydroxylation is 3. The second kappa shape index (κ2) is 9.92. The van der Waals surface area contributed by atoms with E-state index in [0.717, 1.165) is 0 Å². The summed E-state index contributed by atoms with van der Waals surface area (Å²) < 4.78 is 41.7. The monoisotopic (exact) mass is 589 g/mol. The highest BCUT2D eigenvalue weighted by Crippen LogP contribution is 2.36. The number of aromatic nitrogens is 6. The predicted octanol–water partition coefficient (Wildman–Crippen LogP) is 5.45. The van der Waals surface area contributed by atoms with Gasteiger partial charge in [0.15, 0.2) is 5.82 Å². The van der Waals surface area contributed by atoms with Crippen LogP contribution in [-0.4, -0.2) is 51.8 Å². The van der Waals surface area contributed by atoms with E-state index < -0.39 is 29.2 Å². The number of amides is 1. The maximum absolute atomic E-state index is 15.6. The minimum Gasteiger partial charge on any atom is -0.444 e. The Labute approximate surface area is 246 Å². The molecular weight excluding hydrogens is 556 g/mol. The molecule has 43 heavy (non-hydrogen) atoms. The first-order chi connectivity index (χ1) is 20.3. The Hall–Kier alpha value is -4.74. The van der Waals surface area contributed by atoms with Crippen molar-refractivity contribution >= 4 is 17.0 Å². The molecule has 0 radical (unpaired) electrons. The number of halogens is 2. The maximum atomic E-state index is 15.6. The van der Waals surface area contributed by atoms with Crippen LogP contribution in [-0.2, 0) is 18.2 Å². The van der Waals surface area contributed by atoms with Crippen LogP contribution in [0.5, 0.6) is 0 Å². The Morgan fingerprint density at radius 2 is 1.72 bits per heavy atom. The third-order valence-electron chi connectivity index (χ3n) is 7.85. The first-order valence-corrected chi connectivity index (χ1v) is 14.1.